The first-order valence-corrected chi connectivity index (χ1v) is 6.10. The Morgan fingerprint density at radius 1 is 1.45 bits per heavy atom. The lowest BCUT2D eigenvalue weighted by Crippen LogP contribution is -2.18. The molecular weight excluding hydrogens is 277 g/mol. The third-order valence-electron chi connectivity index (χ3n) is 2.80. The molecule has 1 aliphatic rings. The molecule has 1 aliphatic carbocycles. The van der Waals surface area contributed by atoms with Crippen LogP contribution in [-0.2, 0) is 11.2 Å². The summed E-state index contributed by atoms with van der Waals surface area (Å²) in [6.07, 6.45) is -1.27. The standard InChI is InChI=1S/C12H13F3N2O3/c13-12(14,15)6-20-4-3-9-16-5-8(11(18)19)10(17-9)7-1-2-7/h5,7H,1-4,6H2,(H,18,19). The van der Waals surface area contributed by atoms with Gasteiger partial charge in [0.1, 0.15) is 12.4 Å². The summed E-state index contributed by atoms with van der Waals surface area (Å²) in [5.41, 5.74) is 0.533. The second-order valence-electron chi connectivity index (χ2n) is 4.58. The van der Waals surface area contributed by atoms with Crippen LogP contribution >= 0.6 is 0 Å². The number of hydrogen-bond acceptors (Lipinski definition) is 4. The van der Waals surface area contributed by atoms with Crippen molar-refractivity contribution in [3.63, 3.8) is 0 Å². The van der Waals surface area contributed by atoms with Gasteiger partial charge in [0.2, 0.25) is 0 Å². The normalized spacial score (nSPS) is 15.3. The monoisotopic (exact) mass is 290 g/mol. The van der Waals surface area contributed by atoms with Crippen molar-refractivity contribution < 1.29 is 27.8 Å². The van der Waals surface area contributed by atoms with Crippen molar-refractivity contribution in [2.75, 3.05) is 13.2 Å². The quantitative estimate of drug-likeness (QED) is 0.813. The van der Waals surface area contributed by atoms with Crippen LogP contribution in [0.1, 0.15) is 40.6 Å². The summed E-state index contributed by atoms with van der Waals surface area (Å²) in [4.78, 5) is 19.0. The maximum atomic E-state index is 11.9. The third-order valence-corrected chi connectivity index (χ3v) is 2.80. The highest BCUT2D eigenvalue weighted by molar-refractivity contribution is 5.88. The molecule has 0 aromatic carbocycles. The fourth-order valence-electron chi connectivity index (χ4n) is 1.74. The molecule has 1 aromatic rings. The summed E-state index contributed by atoms with van der Waals surface area (Å²) in [6, 6.07) is 0. The second kappa shape index (κ2) is 5.74. The molecular formula is C12H13F3N2O3. The van der Waals surface area contributed by atoms with E-state index in [0.717, 1.165) is 12.8 Å². The summed E-state index contributed by atoms with van der Waals surface area (Å²) in [6.45, 7) is -1.47. The van der Waals surface area contributed by atoms with Gasteiger partial charge in [-0.1, -0.05) is 0 Å². The Balaban J connectivity index is 1.95. The van der Waals surface area contributed by atoms with Crippen LogP contribution in [0.4, 0.5) is 13.2 Å². The van der Waals surface area contributed by atoms with Gasteiger partial charge in [0.05, 0.1) is 17.9 Å². The molecule has 0 unspecified atom stereocenters. The number of rotatable bonds is 6. The molecule has 1 heterocycles. The minimum atomic E-state index is -4.35. The van der Waals surface area contributed by atoms with Crippen molar-refractivity contribution in [1.29, 1.82) is 0 Å². The number of ether oxygens (including phenoxy) is 1. The average molecular weight is 290 g/mol. The smallest absolute Gasteiger partial charge is 0.411 e. The molecule has 5 nitrogen and oxygen atoms in total. The highest BCUT2D eigenvalue weighted by Gasteiger charge is 2.30. The van der Waals surface area contributed by atoms with E-state index in [0.29, 0.717) is 11.5 Å². The minimum absolute atomic E-state index is 0.0625. The summed E-state index contributed by atoms with van der Waals surface area (Å²) < 4.78 is 40.1. The van der Waals surface area contributed by atoms with Gasteiger partial charge in [-0.05, 0) is 12.8 Å². The molecule has 8 heteroatoms. The second-order valence-corrected chi connectivity index (χ2v) is 4.58. The van der Waals surface area contributed by atoms with E-state index < -0.39 is 18.8 Å². The molecule has 0 spiro atoms. The maximum absolute atomic E-state index is 11.9. The third kappa shape index (κ3) is 4.16. The molecule has 1 N–H and O–H groups in total. The van der Waals surface area contributed by atoms with Gasteiger partial charge < -0.3 is 9.84 Å². The highest BCUT2D eigenvalue weighted by Crippen LogP contribution is 2.40. The van der Waals surface area contributed by atoms with Gasteiger partial charge in [0.25, 0.3) is 0 Å². The molecule has 0 atom stereocenters. The number of aromatic nitrogens is 2. The van der Waals surface area contributed by atoms with Crippen LogP contribution in [-0.4, -0.2) is 40.4 Å². The lowest BCUT2D eigenvalue weighted by atomic mass is 10.1. The van der Waals surface area contributed by atoms with Gasteiger partial charge in [0.15, 0.2) is 0 Å². The molecule has 2 rings (SSSR count). The van der Waals surface area contributed by atoms with Gasteiger partial charge in [-0.2, -0.15) is 13.2 Å². The van der Waals surface area contributed by atoms with Crippen molar-refractivity contribution in [1.82, 2.24) is 9.97 Å². The van der Waals surface area contributed by atoms with Crippen LogP contribution in [0.15, 0.2) is 6.20 Å². The Morgan fingerprint density at radius 2 is 2.15 bits per heavy atom. The Labute approximate surface area is 112 Å². The van der Waals surface area contributed by atoms with E-state index in [1.165, 1.54) is 6.20 Å². The van der Waals surface area contributed by atoms with Crippen molar-refractivity contribution in [2.24, 2.45) is 0 Å². The van der Waals surface area contributed by atoms with Gasteiger partial charge >= 0.3 is 12.1 Å². The number of halogens is 3. The molecule has 0 amide bonds. The van der Waals surface area contributed by atoms with E-state index in [1.54, 1.807) is 0 Å². The Kier molecular flexibility index (Phi) is 4.22. The molecule has 1 fully saturated rings. The zero-order chi connectivity index (χ0) is 14.8. The van der Waals surface area contributed by atoms with Crippen LogP contribution in [0.25, 0.3) is 0 Å². The topological polar surface area (TPSA) is 72.3 Å². The Bertz CT molecular complexity index is 501. The van der Waals surface area contributed by atoms with Crippen molar-refractivity contribution in [2.45, 2.75) is 31.4 Å². The molecule has 20 heavy (non-hydrogen) atoms. The number of hydrogen-bond donors (Lipinski definition) is 1. The van der Waals surface area contributed by atoms with Crippen molar-refractivity contribution in [3.05, 3.63) is 23.3 Å². The minimum Gasteiger partial charge on any atom is -0.478 e. The van der Waals surface area contributed by atoms with E-state index >= 15 is 0 Å². The van der Waals surface area contributed by atoms with Crippen LogP contribution in [0, 0.1) is 0 Å². The van der Waals surface area contributed by atoms with E-state index in [9.17, 15) is 18.0 Å². The van der Waals surface area contributed by atoms with E-state index in [4.69, 9.17) is 5.11 Å². The Morgan fingerprint density at radius 3 is 2.70 bits per heavy atom. The lowest BCUT2D eigenvalue weighted by molar-refractivity contribution is -0.173. The van der Waals surface area contributed by atoms with Crippen LogP contribution in [0.2, 0.25) is 0 Å². The zero-order valence-corrected chi connectivity index (χ0v) is 10.5. The fraction of sp³-hybridized carbons (Fsp3) is 0.583. The fourth-order valence-corrected chi connectivity index (χ4v) is 1.74. The molecule has 1 saturated carbocycles. The number of carbonyl (C=O) groups is 1. The van der Waals surface area contributed by atoms with Crippen molar-refractivity contribution in [3.8, 4) is 0 Å². The van der Waals surface area contributed by atoms with Gasteiger partial charge in [-0.25, -0.2) is 14.8 Å². The lowest BCUT2D eigenvalue weighted by Gasteiger charge is -2.08. The van der Waals surface area contributed by atoms with Crippen molar-refractivity contribution >= 4 is 5.97 Å². The van der Waals surface area contributed by atoms with E-state index in [-0.39, 0.29) is 24.5 Å². The number of carboxylic acids is 1. The average Bonchev–Trinajstić information content (AvgIpc) is 3.17. The predicted molar refractivity (Wildman–Crippen MR) is 61.5 cm³/mol. The first kappa shape index (κ1) is 14.7. The van der Waals surface area contributed by atoms with Crippen LogP contribution in [0.5, 0.6) is 0 Å². The van der Waals surface area contributed by atoms with E-state index in [2.05, 4.69) is 14.7 Å². The number of carboxylic acid groups (broad SMARTS) is 1. The highest BCUT2D eigenvalue weighted by atomic mass is 19.4. The zero-order valence-electron chi connectivity index (χ0n) is 10.5. The van der Waals surface area contributed by atoms with E-state index in [1.807, 2.05) is 0 Å². The number of alkyl halides is 3. The first-order valence-electron chi connectivity index (χ1n) is 6.10. The molecule has 0 aliphatic heterocycles. The first-order chi connectivity index (χ1) is 9.37. The molecule has 0 radical (unpaired) electrons. The molecule has 0 saturated heterocycles. The van der Waals surface area contributed by atoms with Gasteiger partial charge in [-0.15, -0.1) is 0 Å². The summed E-state index contributed by atoms with van der Waals surface area (Å²) in [5, 5.41) is 9.01. The molecule has 110 valence electrons. The summed E-state index contributed by atoms with van der Waals surface area (Å²) in [5.74, 6) is -0.662. The van der Waals surface area contributed by atoms with Crippen LogP contribution < -0.4 is 0 Å². The number of nitrogens with zero attached hydrogens (tertiary/aromatic N) is 2. The maximum Gasteiger partial charge on any atom is 0.411 e. The van der Waals surface area contributed by atoms with Crippen LogP contribution in [0.3, 0.4) is 0 Å². The summed E-state index contributed by atoms with van der Waals surface area (Å²) >= 11 is 0. The number of aromatic carboxylic acids is 1. The molecule has 1 aromatic heterocycles. The molecule has 0 bridgehead atoms. The Hall–Kier alpha value is -1.70. The predicted octanol–water partition coefficient (Wildman–Crippen LogP) is 2.17. The summed E-state index contributed by atoms with van der Waals surface area (Å²) in [7, 11) is 0. The van der Waals surface area contributed by atoms with Gasteiger partial charge in [0, 0.05) is 18.5 Å². The van der Waals surface area contributed by atoms with Gasteiger partial charge in [-0.3, -0.25) is 0 Å². The largest absolute Gasteiger partial charge is 0.478 e. The SMILES string of the molecule is O=C(O)c1cnc(CCOCC(F)(F)F)nc1C1CC1.